The summed E-state index contributed by atoms with van der Waals surface area (Å²) in [6, 6.07) is 13.2. The lowest BCUT2D eigenvalue weighted by Crippen LogP contribution is -2.29. The van der Waals surface area contributed by atoms with Gasteiger partial charge in [-0.05, 0) is 37.3 Å². The van der Waals surface area contributed by atoms with Gasteiger partial charge < -0.3 is 10.1 Å². The average Bonchev–Trinajstić information content (AvgIpc) is 2.64. The van der Waals surface area contributed by atoms with Crippen LogP contribution in [-0.2, 0) is 11.3 Å². The molecule has 1 heterocycles. The van der Waals surface area contributed by atoms with Crippen molar-refractivity contribution in [3.63, 3.8) is 0 Å². The van der Waals surface area contributed by atoms with Gasteiger partial charge in [-0.15, -0.1) is 0 Å². The first-order valence-corrected chi connectivity index (χ1v) is 9.11. The molecule has 0 saturated carbocycles. The topological polar surface area (TPSA) is 73.2 Å². The third-order valence-electron chi connectivity index (χ3n) is 3.96. The SMILES string of the molecule is COc1ccc(NC(=O)Cn2c(-c3cccc(Cl)c3)nc(C)cc2=O)cc1Cl. The van der Waals surface area contributed by atoms with Crippen molar-refractivity contribution < 1.29 is 9.53 Å². The first-order chi connectivity index (χ1) is 13.4. The minimum atomic E-state index is -0.391. The lowest BCUT2D eigenvalue weighted by Gasteiger charge is -2.13. The molecule has 0 aliphatic rings. The number of aryl methyl sites for hydroxylation is 1. The first-order valence-electron chi connectivity index (χ1n) is 8.35. The maximum absolute atomic E-state index is 12.5. The molecule has 3 rings (SSSR count). The third-order valence-corrected chi connectivity index (χ3v) is 4.49. The lowest BCUT2D eigenvalue weighted by atomic mass is 10.2. The number of rotatable bonds is 5. The van der Waals surface area contributed by atoms with Crippen LogP contribution >= 0.6 is 23.2 Å². The Balaban J connectivity index is 1.90. The molecule has 0 aliphatic heterocycles. The zero-order valence-electron chi connectivity index (χ0n) is 15.2. The molecule has 0 saturated heterocycles. The summed E-state index contributed by atoms with van der Waals surface area (Å²) < 4.78 is 6.40. The normalized spacial score (nSPS) is 10.6. The number of carbonyl (C=O) groups is 1. The molecule has 0 aliphatic carbocycles. The Bertz CT molecular complexity index is 1100. The molecule has 0 bridgehead atoms. The highest BCUT2D eigenvalue weighted by Crippen LogP contribution is 2.27. The van der Waals surface area contributed by atoms with Crippen LogP contribution in [0.2, 0.25) is 10.0 Å². The molecule has 1 N–H and O–H groups in total. The lowest BCUT2D eigenvalue weighted by molar-refractivity contribution is -0.116. The Morgan fingerprint density at radius 1 is 1.18 bits per heavy atom. The van der Waals surface area contributed by atoms with Crippen LogP contribution in [0.25, 0.3) is 11.4 Å². The van der Waals surface area contributed by atoms with Gasteiger partial charge >= 0.3 is 0 Å². The molecule has 28 heavy (non-hydrogen) atoms. The molecule has 0 fully saturated rings. The summed E-state index contributed by atoms with van der Waals surface area (Å²) in [5.41, 5.74) is 1.37. The van der Waals surface area contributed by atoms with E-state index >= 15 is 0 Å². The maximum atomic E-state index is 12.5. The fourth-order valence-electron chi connectivity index (χ4n) is 2.71. The van der Waals surface area contributed by atoms with E-state index in [1.807, 2.05) is 0 Å². The van der Waals surface area contributed by atoms with Gasteiger partial charge in [0, 0.05) is 28.0 Å². The van der Waals surface area contributed by atoms with Gasteiger partial charge in [-0.3, -0.25) is 14.2 Å². The largest absolute Gasteiger partial charge is 0.495 e. The van der Waals surface area contributed by atoms with Gasteiger partial charge in [0.25, 0.3) is 5.56 Å². The van der Waals surface area contributed by atoms with E-state index in [1.165, 1.54) is 17.7 Å². The second kappa shape index (κ2) is 8.46. The molecule has 144 valence electrons. The van der Waals surface area contributed by atoms with E-state index in [1.54, 1.807) is 49.4 Å². The number of nitrogens with one attached hydrogen (secondary N) is 1. The fraction of sp³-hybridized carbons (Fsp3) is 0.150. The minimum absolute atomic E-state index is 0.211. The van der Waals surface area contributed by atoms with E-state index in [2.05, 4.69) is 10.3 Å². The zero-order chi connectivity index (χ0) is 20.3. The van der Waals surface area contributed by atoms with Crippen molar-refractivity contribution in [1.29, 1.82) is 0 Å². The summed E-state index contributed by atoms with van der Waals surface area (Å²) in [7, 11) is 1.51. The smallest absolute Gasteiger partial charge is 0.254 e. The van der Waals surface area contributed by atoms with Crippen LogP contribution in [0.3, 0.4) is 0 Å². The van der Waals surface area contributed by atoms with E-state index < -0.39 is 5.91 Å². The highest BCUT2D eigenvalue weighted by Gasteiger charge is 2.14. The van der Waals surface area contributed by atoms with Crippen molar-refractivity contribution in [1.82, 2.24) is 9.55 Å². The van der Waals surface area contributed by atoms with Gasteiger partial charge in [-0.2, -0.15) is 0 Å². The van der Waals surface area contributed by atoms with E-state index in [0.717, 1.165) is 0 Å². The Morgan fingerprint density at radius 2 is 1.96 bits per heavy atom. The van der Waals surface area contributed by atoms with Gasteiger partial charge in [0.2, 0.25) is 5.91 Å². The monoisotopic (exact) mass is 417 g/mol. The van der Waals surface area contributed by atoms with Crippen LogP contribution in [0.4, 0.5) is 5.69 Å². The highest BCUT2D eigenvalue weighted by atomic mass is 35.5. The molecule has 0 atom stereocenters. The number of hydrogen-bond donors (Lipinski definition) is 1. The summed E-state index contributed by atoms with van der Waals surface area (Å²) in [6.07, 6.45) is 0. The summed E-state index contributed by atoms with van der Waals surface area (Å²) in [4.78, 5) is 29.5. The number of ether oxygens (including phenoxy) is 1. The van der Waals surface area contributed by atoms with Crippen LogP contribution < -0.4 is 15.6 Å². The number of methoxy groups -OCH3 is 1. The van der Waals surface area contributed by atoms with Crippen LogP contribution in [-0.4, -0.2) is 22.6 Å². The van der Waals surface area contributed by atoms with Crippen molar-refractivity contribution in [3.8, 4) is 17.1 Å². The maximum Gasteiger partial charge on any atom is 0.254 e. The van der Waals surface area contributed by atoms with Gasteiger partial charge in [-0.25, -0.2) is 4.98 Å². The van der Waals surface area contributed by atoms with Crippen molar-refractivity contribution >= 4 is 34.8 Å². The number of halogens is 2. The first kappa shape index (κ1) is 19.9. The molecule has 0 spiro atoms. The predicted octanol–water partition coefficient (Wildman–Crippen LogP) is 4.17. The van der Waals surface area contributed by atoms with Crippen molar-refractivity contribution in [2.75, 3.05) is 12.4 Å². The molecule has 6 nitrogen and oxygen atoms in total. The minimum Gasteiger partial charge on any atom is -0.495 e. The van der Waals surface area contributed by atoms with Gasteiger partial charge in [0.05, 0.1) is 12.1 Å². The summed E-state index contributed by atoms with van der Waals surface area (Å²) in [6.45, 7) is 1.51. The predicted molar refractivity (Wildman–Crippen MR) is 110 cm³/mol. The number of benzene rings is 2. The van der Waals surface area contributed by atoms with E-state index in [-0.39, 0.29) is 12.1 Å². The van der Waals surface area contributed by atoms with Crippen LogP contribution in [0, 0.1) is 6.92 Å². The van der Waals surface area contributed by atoms with Gasteiger partial charge in [-0.1, -0.05) is 35.3 Å². The molecular weight excluding hydrogens is 401 g/mol. The third kappa shape index (κ3) is 4.52. The van der Waals surface area contributed by atoms with Gasteiger partial charge in [0.1, 0.15) is 18.1 Å². The molecule has 2 aromatic carbocycles. The van der Waals surface area contributed by atoms with Crippen molar-refractivity contribution in [3.05, 3.63) is 74.6 Å². The average molecular weight is 418 g/mol. The highest BCUT2D eigenvalue weighted by molar-refractivity contribution is 6.32. The van der Waals surface area contributed by atoms with Crippen molar-refractivity contribution in [2.24, 2.45) is 0 Å². The Kier molecular flexibility index (Phi) is 6.02. The number of hydrogen-bond acceptors (Lipinski definition) is 4. The molecule has 8 heteroatoms. The van der Waals surface area contributed by atoms with Crippen molar-refractivity contribution in [2.45, 2.75) is 13.5 Å². The molecular formula is C20H17Cl2N3O3. The second-order valence-electron chi connectivity index (χ2n) is 6.05. The van der Waals surface area contributed by atoms with E-state index in [4.69, 9.17) is 27.9 Å². The molecule has 3 aromatic rings. The van der Waals surface area contributed by atoms with E-state index in [0.29, 0.717) is 38.6 Å². The number of aromatic nitrogens is 2. The Labute approximate surface area is 171 Å². The van der Waals surface area contributed by atoms with Crippen LogP contribution in [0.15, 0.2) is 53.3 Å². The molecule has 1 aromatic heterocycles. The number of amides is 1. The van der Waals surface area contributed by atoms with Crippen LogP contribution in [0.5, 0.6) is 5.75 Å². The fourth-order valence-corrected chi connectivity index (χ4v) is 3.16. The summed E-state index contributed by atoms with van der Waals surface area (Å²) in [5, 5.41) is 3.60. The Hall–Kier alpha value is -2.83. The quantitative estimate of drug-likeness (QED) is 0.675. The number of carbonyl (C=O) groups excluding carboxylic acids is 1. The van der Waals surface area contributed by atoms with Crippen LogP contribution in [0.1, 0.15) is 5.69 Å². The molecule has 1 amide bonds. The van der Waals surface area contributed by atoms with Gasteiger partial charge in [0.15, 0.2) is 0 Å². The standard InChI is InChI=1S/C20H17Cl2N3O3/c1-12-8-19(27)25(20(23-12)13-4-3-5-14(21)9-13)11-18(26)24-15-6-7-17(28-2)16(22)10-15/h3-10H,11H2,1-2H3,(H,24,26). The second-order valence-corrected chi connectivity index (χ2v) is 6.90. The van der Waals surface area contributed by atoms with E-state index in [9.17, 15) is 9.59 Å². The molecule has 0 radical (unpaired) electrons. The Morgan fingerprint density at radius 3 is 2.64 bits per heavy atom. The number of anilines is 1. The zero-order valence-corrected chi connectivity index (χ0v) is 16.7. The summed E-state index contributed by atoms with van der Waals surface area (Å²) in [5.74, 6) is 0.481. The molecule has 0 unspecified atom stereocenters. The summed E-state index contributed by atoms with van der Waals surface area (Å²) >= 11 is 12.1. The number of nitrogens with zero attached hydrogens (tertiary/aromatic N) is 2.